The molecule has 0 fully saturated rings. The van der Waals surface area contributed by atoms with Gasteiger partial charge in [0.1, 0.15) is 5.75 Å². The van der Waals surface area contributed by atoms with E-state index in [9.17, 15) is 5.11 Å². The van der Waals surface area contributed by atoms with Crippen LogP contribution in [0.25, 0.3) is 16.9 Å². The molecule has 0 atom stereocenters. The van der Waals surface area contributed by atoms with Crippen molar-refractivity contribution in [3.05, 3.63) is 119 Å². The van der Waals surface area contributed by atoms with Gasteiger partial charge in [0.15, 0.2) is 5.65 Å². The Hall–Kier alpha value is -3.92. The third-order valence-electron chi connectivity index (χ3n) is 5.93. The minimum Gasteiger partial charge on any atom is -0.508 e. The maximum atomic E-state index is 9.75. The van der Waals surface area contributed by atoms with E-state index in [-0.39, 0.29) is 5.75 Å². The second-order valence-corrected chi connectivity index (χ2v) is 8.74. The van der Waals surface area contributed by atoms with Crippen LogP contribution >= 0.6 is 0 Å². The first kappa shape index (κ1) is 24.2. The van der Waals surface area contributed by atoms with Gasteiger partial charge in [-0.3, -0.25) is 4.40 Å². The van der Waals surface area contributed by atoms with Crippen LogP contribution in [0.15, 0.2) is 91.1 Å². The minimum absolute atomic E-state index is 0.250. The van der Waals surface area contributed by atoms with Gasteiger partial charge in [-0.05, 0) is 41.3 Å². The van der Waals surface area contributed by atoms with Crippen molar-refractivity contribution in [1.29, 1.82) is 0 Å². The van der Waals surface area contributed by atoms with E-state index in [1.807, 2.05) is 38.1 Å². The smallest absolute Gasteiger partial charge is 0.159 e. The van der Waals surface area contributed by atoms with E-state index in [0.717, 1.165) is 34.7 Å². The van der Waals surface area contributed by atoms with Crippen LogP contribution in [-0.4, -0.2) is 19.5 Å². The van der Waals surface area contributed by atoms with Crippen molar-refractivity contribution < 1.29 is 5.11 Å². The van der Waals surface area contributed by atoms with Gasteiger partial charge in [-0.2, -0.15) is 0 Å². The Balaban J connectivity index is 0.00000141. The molecule has 178 valence electrons. The highest BCUT2D eigenvalue weighted by molar-refractivity contribution is 5.63. The van der Waals surface area contributed by atoms with Crippen molar-refractivity contribution >= 4 is 5.65 Å². The first-order chi connectivity index (χ1) is 17.1. The molecule has 2 heterocycles. The number of benzene rings is 3. The number of aromatic nitrogens is 3. The quantitative estimate of drug-likeness (QED) is 0.285. The molecule has 0 saturated carbocycles. The normalized spacial score (nSPS) is 10.9. The third kappa shape index (κ3) is 5.43. The molecule has 1 N–H and O–H groups in total. The summed E-state index contributed by atoms with van der Waals surface area (Å²) >= 11 is 0. The maximum Gasteiger partial charge on any atom is 0.159 e. The van der Waals surface area contributed by atoms with Gasteiger partial charge < -0.3 is 5.11 Å². The summed E-state index contributed by atoms with van der Waals surface area (Å²) in [5.41, 5.74) is 8.47. The molecule has 0 bridgehead atoms. The Bertz CT molecular complexity index is 1370. The summed E-state index contributed by atoms with van der Waals surface area (Å²) in [7, 11) is 0. The Morgan fingerprint density at radius 2 is 1.26 bits per heavy atom. The fourth-order valence-corrected chi connectivity index (χ4v) is 4.38. The molecule has 0 aliphatic carbocycles. The number of rotatable bonds is 6. The van der Waals surface area contributed by atoms with E-state index in [4.69, 9.17) is 9.97 Å². The molecule has 0 saturated heterocycles. The number of hydrogen-bond donors (Lipinski definition) is 1. The highest BCUT2D eigenvalue weighted by Gasteiger charge is 2.20. The molecule has 3 aromatic carbocycles. The molecule has 0 amide bonds. The molecule has 0 radical (unpaired) electrons. The van der Waals surface area contributed by atoms with Gasteiger partial charge in [0.2, 0.25) is 0 Å². The van der Waals surface area contributed by atoms with Gasteiger partial charge in [0, 0.05) is 30.3 Å². The first-order valence-corrected chi connectivity index (χ1v) is 12.4. The van der Waals surface area contributed by atoms with Crippen LogP contribution in [0.1, 0.15) is 61.8 Å². The van der Waals surface area contributed by atoms with Crippen molar-refractivity contribution in [1.82, 2.24) is 14.4 Å². The summed E-state index contributed by atoms with van der Waals surface area (Å²) in [6, 6.07) is 28.1. The Kier molecular flexibility index (Phi) is 7.61. The highest BCUT2D eigenvalue weighted by atomic mass is 16.3. The molecule has 0 spiro atoms. The topological polar surface area (TPSA) is 50.4 Å². The highest BCUT2D eigenvalue weighted by Crippen LogP contribution is 2.29. The van der Waals surface area contributed by atoms with E-state index in [1.54, 1.807) is 12.1 Å². The predicted molar refractivity (Wildman–Crippen MR) is 144 cm³/mol. The van der Waals surface area contributed by atoms with Crippen molar-refractivity contribution in [2.45, 2.75) is 46.5 Å². The molecule has 0 unspecified atom stereocenters. The maximum absolute atomic E-state index is 9.75. The summed E-state index contributed by atoms with van der Waals surface area (Å²) < 4.78 is 2.23. The van der Waals surface area contributed by atoms with Crippen LogP contribution in [0.5, 0.6) is 5.75 Å². The SMILES string of the molecule is CC.CC(C)c1c(Cc2ccccc2)nc2c(Cc3ccccc3)nc(-c3ccc(O)cc3)cn12. The van der Waals surface area contributed by atoms with E-state index >= 15 is 0 Å². The van der Waals surface area contributed by atoms with Crippen molar-refractivity contribution in [3.8, 4) is 17.0 Å². The average Bonchev–Trinajstić information content (AvgIpc) is 3.25. The second-order valence-electron chi connectivity index (χ2n) is 8.74. The third-order valence-corrected chi connectivity index (χ3v) is 5.93. The van der Waals surface area contributed by atoms with Gasteiger partial charge >= 0.3 is 0 Å². The number of phenolic OH excluding ortho intramolecular Hbond substituents is 1. The van der Waals surface area contributed by atoms with Crippen molar-refractivity contribution in [3.63, 3.8) is 0 Å². The molecular weight excluding hydrogens is 430 g/mol. The Labute approximate surface area is 208 Å². The summed E-state index contributed by atoms with van der Waals surface area (Å²) in [6.07, 6.45) is 3.58. The zero-order valence-electron chi connectivity index (χ0n) is 20.9. The fourth-order valence-electron chi connectivity index (χ4n) is 4.38. The lowest BCUT2D eigenvalue weighted by atomic mass is 10.0. The lowest BCUT2D eigenvalue weighted by Gasteiger charge is -2.12. The first-order valence-electron chi connectivity index (χ1n) is 12.4. The summed E-state index contributed by atoms with van der Waals surface area (Å²) in [4.78, 5) is 10.2. The zero-order valence-corrected chi connectivity index (χ0v) is 20.9. The van der Waals surface area contributed by atoms with Crippen LogP contribution in [0, 0.1) is 0 Å². The lowest BCUT2D eigenvalue weighted by molar-refractivity contribution is 0.475. The molecular formula is C31H33N3O. The molecule has 4 heteroatoms. The van der Waals surface area contributed by atoms with E-state index < -0.39 is 0 Å². The zero-order chi connectivity index (χ0) is 24.8. The van der Waals surface area contributed by atoms with Gasteiger partial charge in [0.25, 0.3) is 0 Å². The van der Waals surface area contributed by atoms with Crippen molar-refractivity contribution in [2.24, 2.45) is 0 Å². The largest absolute Gasteiger partial charge is 0.508 e. The van der Waals surface area contributed by atoms with Gasteiger partial charge in [0.05, 0.1) is 17.1 Å². The number of phenols is 1. The number of hydrogen-bond acceptors (Lipinski definition) is 3. The number of nitrogens with zero attached hydrogens (tertiary/aromatic N) is 3. The van der Waals surface area contributed by atoms with Crippen LogP contribution in [0.4, 0.5) is 0 Å². The van der Waals surface area contributed by atoms with Gasteiger partial charge in [-0.25, -0.2) is 9.97 Å². The van der Waals surface area contributed by atoms with Gasteiger partial charge in [-0.1, -0.05) is 88.4 Å². The predicted octanol–water partition coefficient (Wildman–Crippen LogP) is 7.43. The minimum atomic E-state index is 0.250. The molecule has 2 aromatic heterocycles. The fraction of sp³-hybridized carbons (Fsp3) is 0.226. The van der Waals surface area contributed by atoms with E-state index in [0.29, 0.717) is 12.3 Å². The monoisotopic (exact) mass is 463 g/mol. The number of imidazole rings is 1. The molecule has 4 nitrogen and oxygen atoms in total. The molecule has 5 rings (SSSR count). The molecule has 0 aliphatic rings. The Morgan fingerprint density at radius 3 is 1.80 bits per heavy atom. The van der Waals surface area contributed by atoms with E-state index in [1.165, 1.54) is 16.8 Å². The van der Waals surface area contributed by atoms with E-state index in [2.05, 4.69) is 73.0 Å². The van der Waals surface area contributed by atoms with Crippen LogP contribution in [0.3, 0.4) is 0 Å². The molecule has 35 heavy (non-hydrogen) atoms. The number of fused-ring (bicyclic) bond motifs is 1. The van der Waals surface area contributed by atoms with Crippen molar-refractivity contribution in [2.75, 3.05) is 0 Å². The summed E-state index contributed by atoms with van der Waals surface area (Å²) in [5, 5.41) is 9.75. The number of aromatic hydroxyl groups is 1. The van der Waals surface area contributed by atoms with Gasteiger partial charge in [-0.15, -0.1) is 0 Å². The van der Waals surface area contributed by atoms with Crippen LogP contribution < -0.4 is 0 Å². The van der Waals surface area contributed by atoms with Crippen LogP contribution in [0.2, 0.25) is 0 Å². The average molecular weight is 464 g/mol. The summed E-state index contributed by atoms with van der Waals surface area (Å²) in [5.74, 6) is 0.554. The molecule has 0 aliphatic heterocycles. The standard InChI is InChI=1S/C29H27N3O.C2H6/c1-20(2)28-25(17-21-9-5-3-6-10-21)31-29-26(18-22-11-7-4-8-12-22)30-27(19-32(28)29)23-13-15-24(33)16-14-23;1-2/h3-16,19-20,33H,17-18H2,1-2H3;1-2H3. The molecule has 5 aromatic rings. The lowest BCUT2D eigenvalue weighted by Crippen LogP contribution is -2.04. The Morgan fingerprint density at radius 1 is 0.714 bits per heavy atom. The van der Waals surface area contributed by atoms with Crippen LogP contribution in [-0.2, 0) is 12.8 Å². The second kappa shape index (κ2) is 11.0. The summed E-state index contributed by atoms with van der Waals surface area (Å²) in [6.45, 7) is 8.44.